The molecule has 2 aromatic rings. The number of aromatic nitrogens is 2. The Kier molecular flexibility index (Phi) is 4.35. The largest absolute Gasteiger partial charge is 0.497 e. The van der Waals surface area contributed by atoms with Gasteiger partial charge >= 0.3 is 5.69 Å². The predicted octanol–water partition coefficient (Wildman–Crippen LogP) is 3.31. The van der Waals surface area contributed by atoms with Gasteiger partial charge in [0.15, 0.2) is 0 Å². The van der Waals surface area contributed by atoms with Crippen molar-refractivity contribution in [3.63, 3.8) is 0 Å². The van der Waals surface area contributed by atoms with E-state index in [0.29, 0.717) is 0 Å². The average Bonchev–Trinajstić information content (AvgIpc) is 2.97. The topological polar surface area (TPSA) is 50.3 Å². The average molecular weight is 329 g/mol. The second-order valence-electron chi connectivity index (χ2n) is 7.24. The van der Waals surface area contributed by atoms with E-state index in [-0.39, 0.29) is 11.7 Å². The molecule has 4 rings (SSSR count). The highest BCUT2D eigenvalue weighted by Crippen LogP contribution is 2.30. The van der Waals surface area contributed by atoms with Crippen LogP contribution in [0.4, 0.5) is 0 Å². The first-order valence-corrected chi connectivity index (χ1v) is 9.28. The van der Waals surface area contributed by atoms with Crippen molar-refractivity contribution in [2.75, 3.05) is 20.2 Å². The molecule has 1 saturated carbocycles. The van der Waals surface area contributed by atoms with Gasteiger partial charge in [-0.15, -0.1) is 0 Å². The van der Waals surface area contributed by atoms with E-state index < -0.39 is 0 Å². The molecule has 1 aromatic heterocycles. The lowest BCUT2D eigenvalue weighted by Gasteiger charge is -2.39. The van der Waals surface area contributed by atoms with E-state index in [0.717, 1.165) is 48.8 Å². The molecular formula is C19H27N3O2. The van der Waals surface area contributed by atoms with E-state index >= 15 is 0 Å². The standard InChI is InChI=1S/C19H27N3O2/c1-24-16-7-8-17-18(13-16)22(19(23)20-17)15-9-11-21(12-10-15)14-5-3-2-4-6-14/h7-8,13-15H,2-6,9-12H2,1H3,(H,20,23). The third-order valence-electron chi connectivity index (χ3n) is 5.88. The number of hydrogen-bond acceptors (Lipinski definition) is 3. The zero-order valence-electron chi connectivity index (χ0n) is 14.5. The van der Waals surface area contributed by atoms with Crippen molar-refractivity contribution in [3.05, 3.63) is 28.7 Å². The number of likely N-dealkylation sites (tertiary alicyclic amines) is 1. The Morgan fingerprint density at radius 3 is 2.50 bits per heavy atom. The number of ether oxygens (including phenoxy) is 1. The molecule has 130 valence electrons. The van der Waals surface area contributed by atoms with Crippen molar-refractivity contribution >= 4 is 11.0 Å². The lowest BCUT2D eigenvalue weighted by Crippen LogP contribution is -2.43. The Bertz CT molecular complexity index is 750. The molecule has 1 aliphatic carbocycles. The Morgan fingerprint density at radius 1 is 1.04 bits per heavy atom. The first-order valence-electron chi connectivity index (χ1n) is 9.28. The van der Waals surface area contributed by atoms with Crippen LogP contribution in [0.5, 0.6) is 5.75 Å². The predicted molar refractivity (Wildman–Crippen MR) is 95.8 cm³/mol. The molecule has 0 atom stereocenters. The maximum absolute atomic E-state index is 12.5. The van der Waals surface area contributed by atoms with Crippen LogP contribution in [0.25, 0.3) is 11.0 Å². The minimum atomic E-state index is 0.00868. The van der Waals surface area contributed by atoms with Gasteiger partial charge in [-0.3, -0.25) is 4.57 Å². The van der Waals surface area contributed by atoms with Crippen molar-refractivity contribution < 1.29 is 4.74 Å². The van der Waals surface area contributed by atoms with Crippen molar-refractivity contribution in [2.24, 2.45) is 0 Å². The third kappa shape index (κ3) is 2.86. The number of methoxy groups -OCH3 is 1. The lowest BCUT2D eigenvalue weighted by atomic mass is 9.92. The SMILES string of the molecule is COc1ccc2[nH]c(=O)n(C3CCN(C4CCCCC4)CC3)c2c1. The van der Waals surface area contributed by atoms with Crippen LogP contribution < -0.4 is 10.4 Å². The second-order valence-corrected chi connectivity index (χ2v) is 7.24. The second kappa shape index (κ2) is 6.63. The fourth-order valence-electron chi connectivity index (χ4n) is 4.55. The highest BCUT2D eigenvalue weighted by atomic mass is 16.5. The minimum absolute atomic E-state index is 0.00868. The summed E-state index contributed by atoms with van der Waals surface area (Å²) in [5, 5.41) is 0. The van der Waals surface area contributed by atoms with Gasteiger partial charge in [-0.25, -0.2) is 4.79 Å². The Balaban J connectivity index is 1.54. The van der Waals surface area contributed by atoms with Gasteiger partial charge in [-0.2, -0.15) is 0 Å². The lowest BCUT2D eigenvalue weighted by molar-refractivity contribution is 0.109. The number of rotatable bonds is 3. The summed E-state index contributed by atoms with van der Waals surface area (Å²) in [4.78, 5) is 18.1. The molecule has 0 radical (unpaired) electrons. The number of hydrogen-bond donors (Lipinski definition) is 1. The summed E-state index contributed by atoms with van der Waals surface area (Å²) in [6.45, 7) is 2.22. The zero-order chi connectivity index (χ0) is 16.5. The summed E-state index contributed by atoms with van der Waals surface area (Å²) in [5.74, 6) is 0.801. The smallest absolute Gasteiger partial charge is 0.326 e. The van der Waals surface area contributed by atoms with Gasteiger partial charge < -0.3 is 14.6 Å². The maximum atomic E-state index is 12.5. The first-order chi connectivity index (χ1) is 11.8. The molecular weight excluding hydrogens is 302 g/mol. The van der Waals surface area contributed by atoms with Crippen LogP contribution in [0.3, 0.4) is 0 Å². The van der Waals surface area contributed by atoms with Gasteiger partial charge in [0.05, 0.1) is 18.1 Å². The van der Waals surface area contributed by atoms with Crippen molar-refractivity contribution in [2.45, 2.75) is 57.0 Å². The van der Waals surface area contributed by atoms with Gasteiger partial charge in [-0.1, -0.05) is 19.3 Å². The van der Waals surface area contributed by atoms with Crippen LogP contribution in [-0.4, -0.2) is 40.7 Å². The van der Waals surface area contributed by atoms with E-state index in [2.05, 4.69) is 9.88 Å². The molecule has 0 unspecified atom stereocenters. The van der Waals surface area contributed by atoms with Crippen LogP contribution in [0.2, 0.25) is 0 Å². The van der Waals surface area contributed by atoms with E-state index in [1.165, 1.54) is 32.1 Å². The van der Waals surface area contributed by atoms with Gasteiger partial charge in [0.2, 0.25) is 0 Å². The molecule has 2 fully saturated rings. The van der Waals surface area contributed by atoms with E-state index in [9.17, 15) is 4.79 Å². The van der Waals surface area contributed by atoms with Crippen molar-refractivity contribution in [1.82, 2.24) is 14.5 Å². The highest BCUT2D eigenvalue weighted by Gasteiger charge is 2.28. The van der Waals surface area contributed by atoms with Crippen LogP contribution in [0.15, 0.2) is 23.0 Å². The van der Waals surface area contributed by atoms with Crippen molar-refractivity contribution in [3.8, 4) is 5.75 Å². The fraction of sp³-hybridized carbons (Fsp3) is 0.632. The number of benzene rings is 1. The molecule has 1 saturated heterocycles. The first kappa shape index (κ1) is 15.8. The number of nitrogens with zero attached hydrogens (tertiary/aromatic N) is 2. The Labute approximate surface area is 142 Å². The number of imidazole rings is 1. The molecule has 5 heteroatoms. The monoisotopic (exact) mass is 329 g/mol. The molecule has 1 N–H and O–H groups in total. The quantitative estimate of drug-likeness (QED) is 0.940. The minimum Gasteiger partial charge on any atom is -0.497 e. The van der Waals surface area contributed by atoms with E-state index in [4.69, 9.17) is 4.74 Å². The summed E-state index contributed by atoms with van der Waals surface area (Å²) in [5.41, 5.74) is 1.88. The van der Waals surface area contributed by atoms with Gasteiger partial charge in [0.1, 0.15) is 5.75 Å². The van der Waals surface area contributed by atoms with E-state index in [1.54, 1.807) is 7.11 Å². The Morgan fingerprint density at radius 2 is 1.79 bits per heavy atom. The highest BCUT2D eigenvalue weighted by molar-refractivity contribution is 5.77. The molecule has 1 aromatic carbocycles. The van der Waals surface area contributed by atoms with E-state index in [1.807, 2.05) is 22.8 Å². The molecule has 0 amide bonds. The number of H-pyrrole nitrogens is 1. The number of nitrogens with one attached hydrogen (secondary N) is 1. The summed E-state index contributed by atoms with van der Waals surface area (Å²) in [7, 11) is 1.67. The van der Waals surface area contributed by atoms with Gasteiger partial charge in [-0.05, 0) is 37.8 Å². The zero-order valence-corrected chi connectivity index (χ0v) is 14.5. The number of piperidine rings is 1. The summed E-state index contributed by atoms with van der Waals surface area (Å²) in [6, 6.07) is 6.87. The fourth-order valence-corrected chi connectivity index (χ4v) is 4.55. The molecule has 1 aliphatic heterocycles. The third-order valence-corrected chi connectivity index (χ3v) is 5.88. The van der Waals surface area contributed by atoms with Crippen LogP contribution in [0, 0.1) is 0 Å². The van der Waals surface area contributed by atoms with Crippen LogP contribution in [-0.2, 0) is 0 Å². The molecule has 24 heavy (non-hydrogen) atoms. The normalized spacial score (nSPS) is 21.4. The maximum Gasteiger partial charge on any atom is 0.326 e. The van der Waals surface area contributed by atoms with Crippen LogP contribution >= 0.6 is 0 Å². The molecule has 2 aliphatic rings. The Hall–Kier alpha value is -1.75. The van der Waals surface area contributed by atoms with Crippen molar-refractivity contribution in [1.29, 1.82) is 0 Å². The molecule has 5 nitrogen and oxygen atoms in total. The van der Waals surface area contributed by atoms with Gasteiger partial charge in [0.25, 0.3) is 0 Å². The number of aromatic amines is 1. The van der Waals surface area contributed by atoms with Gasteiger partial charge in [0, 0.05) is 31.2 Å². The summed E-state index contributed by atoms with van der Waals surface area (Å²) >= 11 is 0. The number of fused-ring (bicyclic) bond motifs is 1. The summed E-state index contributed by atoms with van der Waals surface area (Å²) < 4.78 is 7.29. The molecule has 0 spiro atoms. The summed E-state index contributed by atoms with van der Waals surface area (Å²) in [6.07, 6.45) is 8.99. The molecule has 2 heterocycles. The van der Waals surface area contributed by atoms with Crippen LogP contribution in [0.1, 0.15) is 51.0 Å². The molecule has 0 bridgehead atoms.